The molecule has 1 N–H and O–H groups in total. The van der Waals surface area contributed by atoms with Crippen LogP contribution in [0.5, 0.6) is 5.75 Å². The van der Waals surface area contributed by atoms with Crippen molar-refractivity contribution >= 4 is 50.7 Å². The predicted molar refractivity (Wildman–Crippen MR) is 169 cm³/mol. The topological polar surface area (TPSA) is 96.0 Å². The molecule has 0 aliphatic heterocycles. The lowest BCUT2D eigenvalue weighted by molar-refractivity contribution is -0.141. The van der Waals surface area contributed by atoms with Gasteiger partial charge >= 0.3 is 0 Å². The monoisotopic (exact) mass is 633 g/mol. The molecule has 1 unspecified atom stereocenters. The number of amides is 2. The molecule has 0 aromatic heterocycles. The third kappa shape index (κ3) is 9.37. The number of carbonyl (C=O) groups excluding carboxylic acids is 2. The smallest absolute Gasteiger partial charge is 0.243 e. The van der Waals surface area contributed by atoms with Gasteiger partial charge in [-0.2, -0.15) is 0 Å². The molecule has 0 bridgehead atoms. The highest BCUT2D eigenvalue weighted by Crippen LogP contribution is 2.30. The lowest BCUT2D eigenvalue weighted by atomic mass is 10.0. The molecule has 3 aromatic rings. The number of sulfonamides is 1. The Morgan fingerprint density at radius 1 is 0.976 bits per heavy atom. The van der Waals surface area contributed by atoms with Crippen molar-refractivity contribution in [3.05, 3.63) is 94.0 Å². The number of hydrogen-bond acceptors (Lipinski definition) is 5. The highest BCUT2D eigenvalue weighted by molar-refractivity contribution is 7.92. The minimum absolute atomic E-state index is 0.00732. The van der Waals surface area contributed by atoms with Crippen LogP contribution in [0, 0.1) is 0 Å². The molecule has 42 heavy (non-hydrogen) atoms. The second-order valence-electron chi connectivity index (χ2n) is 10.2. The first-order valence-corrected chi connectivity index (χ1v) is 16.2. The lowest BCUT2D eigenvalue weighted by Gasteiger charge is -2.32. The quantitative estimate of drug-likeness (QED) is 0.245. The van der Waals surface area contributed by atoms with Crippen molar-refractivity contribution in [3.63, 3.8) is 0 Å². The number of benzene rings is 3. The zero-order valence-corrected chi connectivity index (χ0v) is 26.5. The van der Waals surface area contributed by atoms with E-state index < -0.39 is 16.1 Å². The molecule has 2 amide bonds. The SMILES string of the molecule is COc1ccccc1N(CCCC(=O)N(Cc1ccc(Cl)cc1Cl)C(Cc1ccccc1)C(=O)NC(C)C)S(C)(=O)=O. The highest BCUT2D eigenvalue weighted by atomic mass is 35.5. The van der Waals surface area contributed by atoms with E-state index in [-0.39, 0.29) is 50.2 Å². The number of hydrogen-bond donors (Lipinski definition) is 1. The Kier molecular flexibility index (Phi) is 12.1. The summed E-state index contributed by atoms with van der Waals surface area (Å²) in [6.07, 6.45) is 1.60. The third-order valence-electron chi connectivity index (χ3n) is 6.56. The molecule has 0 spiro atoms. The van der Waals surface area contributed by atoms with E-state index in [0.717, 1.165) is 11.8 Å². The molecule has 0 saturated carbocycles. The maximum atomic E-state index is 13.9. The number of rotatable bonds is 14. The van der Waals surface area contributed by atoms with Crippen LogP contribution in [0.1, 0.15) is 37.8 Å². The molecule has 11 heteroatoms. The van der Waals surface area contributed by atoms with E-state index in [1.807, 2.05) is 44.2 Å². The van der Waals surface area contributed by atoms with Crippen LogP contribution in [0.15, 0.2) is 72.8 Å². The maximum Gasteiger partial charge on any atom is 0.243 e. The largest absolute Gasteiger partial charge is 0.495 e. The van der Waals surface area contributed by atoms with Gasteiger partial charge in [0.05, 0.1) is 19.1 Å². The van der Waals surface area contributed by atoms with E-state index >= 15 is 0 Å². The first-order valence-electron chi connectivity index (χ1n) is 13.6. The summed E-state index contributed by atoms with van der Waals surface area (Å²) in [7, 11) is -2.21. The fourth-order valence-electron chi connectivity index (χ4n) is 4.59. The number of nitrogens with one attached hydrogen (secondary N) is 1. The number of nitrogens with zero attached hydrogens (tertiary/aromatic N) is 2. The maximum absolute atomic E-state index is 13.9. The van der Waals surface area contributed by atoms with E-state index in [9.17, 15) is 18.0 Å². The average Bonchev–Trinajstić information content (AvgIpc) is 2.93. The number of anilines is 1. The Balaban J connectivity index is 1.92. The molecule has 0 aliphatic rings. The second kappa shape index (κ2) is 15.3. The van der Waals surface area contributed by atoms with Crippen molar-refractivity contribution in [3.8, 4) is 5.75 Å². The van der Waals surface area contributed by atoms with Gasteiger partial charge in [-0.3, -0.25) is 13.9 Å². The van der Waals surface area contributed by atoms with Crippen LogP contribution in [0.2, 0.25) is 10.0 Å². The molecule has 3 aromatic carbocycles. The van der Waals surface area contributed by atoms with Crippen LogP contribution in [-0.2, 0) is 32.6 Å². The Hall–Kier alpha value is -3.27. The molecule has 0 heterocycles. The van der Waals surface area contributed by atoms with Gasteiger partial charge in [0.2, 0.25) is 21.8 Å². The molecular formula is C31H37Cl2N3O5S. The molecule has 3 rings (SSSR count). The highest BCUT2D eigenvalue weighted by Gasteiger charge is 2.31. The van der Waals surface area contributed by atoms with Gasteiger partial charge in [0.1, 0.15) is 11.8 Å². The zero-order chi connectivity index (χ0) is 30.9. The fourth-order valence-corrected chi connectivity index (χ4v) is 6.02. The predicted octanol–water partition coefficient (Wildman–Crippen LogP) is 5.71. The Morgan fingerprint density at radius 3 is 2.26 bits per heavy atom. The number of para-hydroxylation sites is 2. The summed E-state index contributed by atoms with van der Waals surface area (Å²) < 4.78 is 32.0. The van der Waals surface area contributed by atoms with Gasteiger partial charge in [-0.15, -0.1) is 0 Å². The molecule has 0 fully saturated rings. The number of carbonyl (C=O) groups is 2. The van der Waals surface area contributed by atoms with Crippen LogP contribution >= 0.6 is 23.2 Å². The number of methoxy groups -OCH3 is 1. The lowest BCUT2D eigenvalue weighted by Crippen LogP contribution is -2.51. The van der Waals surface area contributed by atoms with Crippen molar-refractivity contribution in [1.29, 1.82) is 0 Å². The molecule has 0 radical (unpaired) electrons. The van der Waals surface area contributed by atoms with Crippen molar-refractivity contribution in [2.45, 2.75) is 51.7 Å². The summed E-state index contributed by atoms with van der Waals surface area (Å²) >= 11 is 12.6. The van der Waals surface area contributed by atoms with Crippen LogP contribution in [0.4, 0.5) is 5.69 Å². The van der Waals surface area contributed by atoms with Crippen LogP contribution in [-0.4, -0.2) is 57.1 Å². The van der Waals surface area contributed by atoms with E-state index in [1.165, 1.54) is 16.3 Å². The van der Waals surface area contributed by atoms with Gasteiger partial charge in [-0.1, -0.05) is 71.7 Å². The van der Waals surface area contributed by atoms with Gasteiger partial charge < -0.3 is 15.0 Å². The normalized spacial score (nSPS) is 12.1. The summed E-state index contributed by atoms with van der Waals surface area (Å²) in [5.41, 5.74) is 1.91. The summed E-state index contributed by atoms with van der Waals surface area (Å²) in [5, 5.41) is 3.78. The fraction of sp³-hybridized carbons (Fsp3) is 0.355. The molecule has 0 saturated heterocycles. The van der Waals surface area contributed by atoms with Gasteiger partial charge in [0.25, 0.3) is 0 Å². The minimum atomic E-state index is -3.68. The first kappa shape index (κ1) is 33.2. The van der Waals surface area contributed by atoms with E-state index in [4.69, 9.17) is 27.9 Å². The van der Waals surface area contributed by atoms with Crippen molar-refractivity contribution < 1.29 is 22.7 Å². The second-order valence-corrected chi connectivity index (χ2v) is 13.0. The van der Waals surface area contributed by atoms with Gasteiger partial charge in [-0.25, -0.2) is 8.42 Å². The van der Waals surface area contributed by atoms with E-state index in [2.05, 4.69) is 5.32 Å². The Morgan fingerprint density at radius 2 is 1.64 bits per heavy atom. The zero-order valence-electron chi connectivity index (χ0n) is 24.2. The Bertz CT molecular complexity index is 1470. The number of ether oxygens (including phenoxy) is 1. The molecule has 1 atom stereocenters. The standard InChI is InChI=1S/C31H37Cl2N3O5S/c1-22(2)34-31(38)28(19-23-11-6-5-7-12-23)35(21-24-16-17-25(32)20-26(24)33)30(37)15-10-18-36(42(4,39)40)27-13-8-9-14-29(27)41-3/h5-9,11-14,16-17,20,22,28H,10,15,18-19,21H2,1-4H3,(H,34,38). The van der Waals surface area contributed by atoms with Crippen LogP contribution < -0.4 is 14.4 Å². The summed E-state index contributed by atoms with van der Waals surface area (Å²) in [4.78, 5) is 29.0. The van der Waals surface area contributed by atoms with E-state index in [1.54, 1.807) is 42.5 Å². The van der Waals surface area contributed by atoms with Gasteiger partial charge in [0, 0.05) is 42.0 Å². The van der Waals surface area contributed by atoms with Crippen LogP contribution in [0.25, 0.3) is 0 Å². The van der Waals surface area contributed by atoms with Crippen molar-refractivity contribution in [2.75, 3.05) is 24.2 Å². The molecule has 0 aliphatic carbocycles. The third-order valence-corrected chi connectivity index (χ3v) is 8.33. The molecular weight excluding hydrogens is 597 g/mol. The first-order chi connectivity index (χ1) is 19.9. The van der Waals surface area contributed by atoms with Crippen molar-refractivity contribution in [1.82, 2.24) is 10.2 Å². The summed E-state index contributed by atoms with van der Waals surface area (Å²) in [5.74, 6) is -0.199. The van der Waals surface area contributed by atoms with Gasteiger partial charge in [-0.05, 0) is 55.7 Å². The summed E-state index contributed by atoms with van der Waals surface area (Å²) in [6, 6.07) is 20.3. The average molecular weight is 635 g/mol. The number of halogens is 2. The van der Waals surface area contributed by atoms with Crippen molar-refractivity contribution in [2.24, 2.45) is 0 Å². The summed E-state index contributed by atoms with van der Waals surface area (Å²) in [6.45, 7) is 3.83. The van der Waals surface area contributed by atoms with Gasteiger partial charge in [0.15, 0.2) is 0 Å². The molecule has 226 valence electrons. The molecule has 8 nitrogen and oxygen atoms in total. The van der Waals surface area contributed by atoms with E-state index in [0.29, 0.717) is 27.0 Å². The minimum Gasteiger partial charge on any atom is -0.495 e. The Labute approximate surface area is 258 Å². The van der Waals surface area contributed by atoms with Crippen LogP contribution in [0.3, 0.4) is 0 Å².